The molecule has 0 amide bonds. The second-order valence-corrected chi connectivity index (χ2v) is 2.82. The van der Waals surface area contributed by atoms with E-state index in [0.29, 0.717) is 0 Å². The molecule has 0 radical (unpaired) electrons. The van der Waals surface area contributed by atoms with Crippen LogP contribution in [-0.4, -0.2) is 12.1 Å². The molecule has 0 aliphatic carbocycles. The summed E-state index contributed by atoms with van der Waals surface area (Å²) in [6, 6.07) is 0. The molecule has 0 aliphatic heterocycles. The number of rotatable bonds is 3. The fourth-order valence-electron chi connectivity index (χ4n) is 0.687. The highest BCUT2D eigenvalue weighted by Gasteiger charge is 2.24. The molecule has 74 valence electrons. The van der Waals surface area contributed by atoms with E-state index in [1.54, 1.807) is 19.9 Å². The first-order valence-corrected chi connectivity index (χ1v) is 4.13. The molecule has 0 saturated heterocycles. The highest BCUT2D eigenvalue weighted by Crippen LogP contribution is 2.21. The Balaban J connectivity index is 4.60. The van der Waals surface area contributed by atoms with Crippen molar-refractivity contribution >= 4 is 6.21 Å². The highest BCUT2D eigenvalue weighted by atomic mass is 19.3. The van der Waals surface area contributed by atoms with Crippen molar-refractivity contribution in [2.45, 2.75) is 33.6 Å². The minimum Gasteiger partial charge on any atom is -0.261 e. The fraction of sp³-hybridized carbons (Fsp3) is 0.500. The van der Waals surface area contributed by atoms with Crippen LogP contribution in [-0.2, 0) is 0 Å². The van der Waals surface area contributed by atoms with Crippen molar-refractivity contribution in [3.8, 4) is 0 Å². The van der Waals surface area contributed by atoms with Crippen LogP contribution in [0.3, 0.4) is 0 Å². The van der Waals surface area contributed by atoms with Crippen LogP contribution in [0.4, 0.5) is 8.78 Å². The van der Waals surface area contributed by atoms with Gasteiger partial charge in [-0.05, 0) is 20.8 Å². The average Bonchev–Trinajstić information content (AvgIpc) is 2.02. The quantitative estimate of drug-likeness (QED) is 0.599. The third-order valence-electron chi connectivity index (χ3n) is 1.64. The molecular weight excluding hydrogens is 172 g/mol. The van der Waals surface area contributed by atoms with E-state index in [2.05, 4.69) is 4.99 Å². The van der Waals surface area contributed by atoms with Crippen molar-refractivity contribution in [3.05, 3.63) is 23.4 Å². The molecule has 0 aliphatic rings. The molecule has 0 rings (SSSR count). The van der Waals surface area contributed by atoms with Crippen LogP contribution < -0.4 is 0 Å². The van der Waals surface area contributed by atoms with E-state index in [4.69, 9.17) is 0 Å². The van der Waals surface area contributed by atoms with E-state index in [1.807, 2.05) is 6.92 Å². The molecule has 0 unspecified atom stereocenters. The van der Waals surface area contributed by atoms with Crippen molar-refractivity contribution in [2.24, 2.45) is 4.99 Å². The molecule has 0 aromatic carbocycles. The summed E-state index contributed by atoms with van der Waals surface area (Å²) in [5, 5.41) is 0. The Morgan fingerprint density at radius 2 is 1.77 bits per heavy atom. The molecule has 0 saturated carbocycles. The second kappa shape index (κ2) is 4.90. The second-order valence-electron chi connectivity index (χ2n) is 2.82. The predicted octanol–water partition coefficient (Wildman–Crippen LogP) is 3.58. The third-order valence-corrected chi connectivity index (χ3v) is 1.64. The maximum Gasteiger partial charge on any atom is 0.271 e. The Labute approximate surface area is 77.9 Å². The number of hydrogen-bond donors (Lipinski definition) is 0. The molecule has 0 heterocycles. The van der Waals surface area contributed by atoms with Gasteiger partial charge in [-0.25, -0.2) is 8.78 Å². The first-order valence-electron chi connectivity index (χ1n) is 4.13. The first kappa shape index (κ1) is 12.0. The molecule has 1 nitrogen and oxygen atoms in total. The Kier molecular flexibility index (Phi) is 4.52. The van der Waals surface area contributed by atoms with Crippen LogP contribution in [0.5, 0.6) is 0 Å². The zero-order valence-electron chi connectivity index (χ0n) is 8.44. The summed E-state index contributed by atoms with van der Waals surface area (Å²) < 4.78 is 25.5. The number of allylic oxidation sites excluding steroid dienone is 4. The van der Waals surface area contributed by atoms with Gasteiger partial charge in [0, 0.05) is 24.4 Å². The minimum absolute atomic E-state index is 0.0614. The standard InChI is InChI=1S/C10H15F2N/c1-5-8(3)13-7-9(6-2)10(4,11)12/h5-7H,1-4H3/b8-5-,9-6+,13-7-. The minimum atomic E-state index is -2.81. The Hall–Kier alpha value is -0.990. The van der Waals surface area contributed by atoms with E-state index >= 15 is 0 Å². The zero-order chi connectivity index (χ0) is 10.5. The molecular formula is C10H15F2N. The van der Waals surface area contributed by atoms with Gasteiger partial charge in [-0.1, -0.05) is 12.2 Å². The molecule has 0 bridgehead atoms. The lowest BCUT2D eigenvalue weighted by Gasteiger charge is -2.09. The van der Waals surface area contributed by atoms with Gasteiger partial charge in [-0.2, -0.15) is 0 Å². The van der Waals surface area contributed by atoms with Gasteiger partial charge in [0.2, 0.25) is 0 Å². The van der Waals surface area contributed by atoms with E-state index in [1.165, 1.54) is 12.3 Å². The Bertz CT molecular complexity index is 244. The lowest BCUT2D eigenvalue weighted by molar-refractivity contribution is 0.0705. The van der Waals surface area contributed by atoms with Crippen molar-refractivity contribution in [1.29, 1.82) is 0 Å². The molecule has 0 aromatic rings. The summed E-state index contributed by atoms with van der Waals surface area (Å²) in [7, 11) is 0. The lowest BCUT2D eigenvalue weighted by atomic mass is 10.1. The smallest absolute Gasteiger partial charge is 0.261 e. The Morgan fingerprint density at radius 3 is 2.08 bits per heavy atom. The van der Waals surface area contributed by atoms with Crippen LogP contribution in [0.15, 0.2) is 28.4 Å². The lowest BCUT2D eigenvalue weighted by Crippen LogP contribution is -2.14. The van der Waals surface area contributed by atoms with Crippen LogP contribution >= 0.6 is 0 Å². The Morgan fingerprint density at radius 1 is 1.23 bits per heavy atom. The maximum atomic E-state index is 12.8. The van der Waals surface area contributed by atoms with Gasteiger partial charge in [0.25, 0.3) is 5.92 Å². The molecule has 0 aromatic heterocycles. The summed E-state index contributed by atoms with van der Waals surface area (Å²) in [5.41, 5.74) is 0.664. The van der Waals surface area contributed by atoms with Gasteiger partial charge in [-0.3, -0.25) is 4.99 Å². The summed E-state index contributed by atoms with van der Waals surface area (Å²) in [6.45, 7) is 6.01. The molecule has 0 atom stereocenters. The summed E-state index contributed by atoms with van der Waals surface area (Å²) in [4.78, 5) is 3.87. The van der Waals surface area contributed by atoms with Crippen molar-refractivity contribution < 1.29 is 8.78 Å². The summed E-state index contributed by atoms with van der Waals surface area (Å²) in [6.07, 6.45) is 4.33. The largest absolute Gasteiger partial charge is 0.271 e. The maximum absolute atomic E-state index is 12.8. The van der Waals surface area contributed by atoms with E-state index in [9.17, 15) is 8.78 Å². The number of alkyl halides is 2. The first-order chi connectivity index (χ1) is 5.91. The van der Waals surface area contributed by atoms with Gasteiger partial charge >= 0.3 is 0 Å². The van der Waals surface area contributed by atoms with E-state index in [-0.39, 0.29) is 5.57 Å². The van der Waals surface area contributed by atoms with Gasteiger partial charge in [0.1, 0.15) is 0 Å². The van der Waals surface area contributed by atoms with Crippen LogP contribution in [0, 0.1) is 0 Å². The topological polar surface area (TPSA) is 12.4 Å². The molecule has 0 spiro atoms. The molecule has 3 heteroatoms. The predicted molar refractivity (Wildman–Crippen MR) is 52.3 cm³/mol. The summed E-state index contributed by atoms with van der Waals surface area (Å²) >= 11 is 0. The monoisotopic (exact) mass is 187 g/mol. The summed E-state index contributed by atoms with van der Waals surface area (Å²) in [5.74, 6) is -2.81. The third kappa shape index (κ3) is 4.55. The number of halogens is 2. The zero-order valence-corrected chi connectivity index (χ0v) is 8.44. The van der Waals surface area contributed by atoms with Gasteiger partial charge in [-0.15, -0.1) is 0 Å². The number of hydrogen-bond acceptors (Lipinski definition) is 1. The van der Waals surface area contributed by atoms with Crippen LogP contribution in [0.1, 0.15) is 27.7 Å². The molecule has 13 heavy (non-hydrogen) atoms. The van der Waals surface area contributed by atoms with Gasteiger partial charge in [0.05, 0.1) is 0 Å². The van der Waals surface area contributed by atoms with E-state index < -0.39 is 5.92 Å². The van der Waals surface area contributed by atoms with Crippen LogP contribution in [0.25, 0.3) is 0 Å². The highest BCUT2D eigenvalue weighted by molar-refractivity contribution is 5.81. The van der Waals surface area contributed by atoms with E-state index in [0.717, 1.165) is 12.6 Å². The van der Waals surface area contributed by atoms with Crippen molar-refractivity contribution in [2.75, 3.05) is 0 Å². The molecule has 0 fully saturated rings. The fourth-order valence-corrected chi connectivity index (χ4v) is 0.687. The normalized spacial score (nSPS) is 15.5. The van der Waals surface area contributed by atoms with Gasteiger partial charge in [0.15, 0.2) is 0 Å². The number of aliphatic imine (C=N–C) groups is 1. The van der Waals surface area contributed by atoms with Crippen molar-refractivity contribution in [1.82, 2.24) is 0 Å². The number of nitrogens with zero attached hydrogens (tertiary/aromatic N) is 1. The average molecular weight is 187 g/mol. The van der Waals surface area contributed by atoms with Crippen molar-refractivity contribution in [3.63, 3.8) is 0 Å². The SMILES string of the molecule is C\C=C(C)/N=C\C(=C/C)C(C)(F)F. The molecule has 0 N–H and O–H groups in total. The van der Waals surface area contributed by atoms with Gasteiger partial charge < -0.3 is 0 Å². The van der Waals surface area contributed by atoms with Crippen LogP contribution in [0.2, 0.25) is 0 Å².